The van der Waals surface area contributed by atoms with Crippen LogP contribution in [0.25, 0.3) is 0 Å². The first-order chi connectivity index (χ1) is 12.8. The minimum absolute atomic E-state index is 0.0541. The van der Waals surface area contributed by atoms with E-state index in [2.05, 4.69) is 20.7 Å². The molecule has 0 aliphatic rings. The molecule has 0 saturated carbocycles. The summed E-state index contributed by atoms with van der Waals surface area (Å²) in [6, 6.07) is 12.3. The molecule has 2 rings (SSSR count). The largest absolute Gasteiger partial charge is 0.435 e. The van der Waals surface area contributed by atoms with Crippen LogP contribution in [0.4, 0.5) is 25.0 Å². The first kappa shape index (κ1) is 20.2. The van der Waals surface area contributed by atoms with Gasteiger partial charge in [0.2, 0.25) is 5.91 Å². The number of halogens is 2. The number of hydrogen-bond donors (Lipinski definition) is 3. The number of amides is 3. The molecular weight excluding hydrogens is 356 g/mol. The van der Waals surface area contributed by atoms with Crippen molar-refractivity contribution in [3.05, 3.63) is 54.1 Å². The topological polar surface area (TPSA) is 79.5 Å². The van der Waals surface area contributed by atoms with Crippen molar-refractivity contribution in [1.82, 2.24) is 5.32 Å². The molecule has 0 atom stereocenters. The molecule has 0 aliphatic heterocycles. The fraction of sp³-hybridized carbons (Fsp3) is 0.263. The number of rotatable bonds is 7. The molecule has 3 N–H and O–H groups in total. The van der Waals surface area contributed by atoms with Crippen molar-refractivity contribution in [1.29, 1.82) is 0 Å². The number of urea groups is 1. The molecular formula is C19H21F2N3O3. The molecule has 0 aromatic heterocycles. The fourth-order valence-corrected chi connectivity index (χ4v) is 2.11. The molecule has 144 valence electrons. The summed E-state index contributed by atoms with van der Waals surface area (Å²) < 4.78 is 28.5. The Labute approximate surface area is 155 Å². The summed E-state index contributed by atoms with van der Waals surface area (Å²) in [4.78, 5) is 23.7. The lowest BCUT2D eigenvalue weighted by atomic mass is 10.2. The first-order valence-electron chi connectivity index (χ1n) is 8.33. The Morgan fingerprint density at radius 2 is 1.63 bits per heavy atom. The third-order valence-corrected chi connectivity index (χ3v) is 3.51. The van der Waals surface area contributed by atoms with Crippen molar-refractivity contribution >= 4 is 23.3 Å². The van der Waals surface area contributed by atoms with Crippen LogP contribution in [0.1, 0.15) is 19.4 Å². The fourth-order valence-electron chi connectivity index (χ4n) is 2.11. The molecule has 0 unspecified atom stereocenters. The number of carbonyl (C=O) groups excluding carboxylic acids is 2. The number of nitrogens with one attached hydrogen (secondary N) is 3. The summed E-state index contributed by atoms with van der Waals surface area (Å²) in [6.07, 6.45) is 0. The minimum Gasteiger partial charge on any atom is -0.435 e. The first-order valence-corrected chi connectivity index (χ1v) is 8.33. The van der Waals surface area contributed by atoms with E-state index in [9.17, 15) is 18.4 Å². The molecule has 2 aromatic rings. The van der Waals surface area contributed by atoms with Gasteiger partial charge >= 0.3 is 12.6 Å². The molecule has 0 bridgehead atoms. The van der Waals surface area contributed by atoms with Crippen molar-refractivity contribution in [2.24, 2.45) is 5.92 Å². The van der Waals surface area contributed by atoms with Crippen molar-refractivity contribution in [3.63, 3.8) is 0 Å². The highest BCUT2D eigenvalue weighted by atomic mass is 19.3. The van der Waals surface area contributed by atoms with Gasteiger partial charge in [-0.15, -0.1) is 0 Å². The summed E-state index contributed by atoms with van der Waals surface area (Å²) >= 11 is 0. The minimum atomic E-state index is -2.87. The Bertz CT molecular complexity index is 780. The predicted octanol–water partition coefficient (Wildman–Crippen LogP) is 4.20. The number of anilines is 2. The Morgan fingerprint density at radius 3 is 2.22 bits per heavy atom. The zero-order valence-electron chi connectivity index (χ0n) is 15.0. The van der Waals surface area contributed by atoms with Crippen molar-refractivity contribution in [2.45, 2.75) is 27.0 Å². The zero-order chi connectivity index (χ0) is 19.8. The molecule has 2 aromatic carbocycles. The SMILES string of the molecule is CC(C)C(=O)Nc1cccc(NC(=O)NCc2ccc(OC(F)F)cc2)c1. The molecule has 0 heterocycles. The van der Waals surface area contributed by atoms with Crippen molar-refractivity contribution < 1.29 is 23.1 Å². The molecule has 0 radical (unpaired) electrons. The average molecular weight is 377 g/mol. The third kappa shape index (κ3) is 6.93. The van der Waals surface area contributed by atoms with Crippen LogP contribution in [-0.2, 0) is 11.3 Å². The van der Waals surface area contributed by atoms with E-state index < -0.39 is 12.6 Å². The number of ether oxygens (including phenoxy) is 1. The van der Waals surface area contributed by atoms with Gasteiger partial charge in [-0.3, -0.25) is 4.79 Å². The molecule has 0 aliphatic carbocycles. The maximum atomic E-state index is 12.1. The predicted molar refractivity (Wildman–Crippen MR) is 98.8 cm³/mol. The van der Waals surface area contributed by atoms with Crippen molar-refractivity contribution in [3.8, 4) is 5.75 Å². The molecule has 3 amide bonds. The van der Waals surface area contributed by atoms with E-state index >= 15 is 0 Å². The summed E-state index contributed by atoms with van der Waals surface area (Å²) in [7, 11) is 0. The number of hydrogen-bond acceptors (Lipinski definition) is 3. The van der Waals surface area contributed by atoms with Gasteiger partial charge in [-0.25, -0.2) is 4.79 Å². The smallest absolute Gasteiger partial charge is 0.387 e. The van der Waals surface area contributed by atoms with Gasteiger partial charge in [0.1, 0.15) is 5.75 Å². The van der Waals surface area contributed by atoms with E-state index in [0.29, 0.717) is 11.4 Å². The van der Waals surface area contributed by atoms with Gasteiger partial charge in [0.05, 0.1) is 0 Å². The van der Waals surface area contributed by atoms with Gasteiger partial charge in [0, 0.05) is 23.8 Å². The van der Waals surface area contributed by atoms with Crippen molar-refractivity contribution in [2.75, 3.05) is 10.6 Å². The molecule has 27 heavy (non-hydrogen) atoms. The van der Waals surface area contributed by atoms with E-state index in [1.807, 2.05) is 0 Å². The molecule has 0 saturated heterocycles. The van der Waals surface area contributed by atoms with Crippen LogP contribution in [-0.4, -0.2) is 18.5 Å². The Hall–Kier alpha value is -3.16. The monoisotopic (exact) mass is 377 g/mol. The van der Waals surface area contributed by atoms with Crippen LogP contribution in [0.2, 0.25) is 0 Å². The van der Waals surface area contributed by atoms with Crippen LogP contribution in [0.15, 0.2) is 48.5 Å². The van der Waals surface area contributed by atoms with Gasteiger partial charge in [-0.05, 0) is 35.9 Å². The van der Waals surface area contributed by atoms with Gasteiger partial charge in [0.15, 0.2) is 0 Å². The van der Waals surface area contributed by atoms with Gasteiger partial charge in [0.25, 0.3) is 0 Å². The molecule has 0 spiro atoms. The highest BCUT2D eigenvalue weighted by Crippen LogP contribution is 2.17. The van der Waals surface area contributed by atoms with Crippen LogP contribution in [0.3, 0.4) is 0 Å². The maximum Gasteiger partial charge on any atom is 0.387 e. The van der Waals surface area contributed by atoms with E-state index in [1.165, 1.54) is 12.1 Å². The summed E-state index contributed by atoms with van der Waals surface area (Å²) in [5.41, 5.74) is 1.83. The number of carbonyl (C=O) groups is 2. The zero-order valence-corrected chi connectivity index (χ0v) is 15.0. The highest BCUT2D eigenvalue weighted by Gasteiger charge is 2.08. The van der Waals surface area contributed by atoms with Gasteiger partial charge in [-0.2, -0.15) is 8.78 Å². The number of alkyl halides is 2. The standard InChI is InChI=1S/C19H21F2N3O3/c1-12(2)17(25)23-14-4-3-5-15(10-14)24-19(26)22-11-13-6-8-16(9-7-13)27-18(20)21/h3-10,12,18H,11H2,1-2H3,(H,23,25)(H2,22,24,26). The van der Waals surface area contributed by atoms with E-state index in [1.54, 1.807) is 50.2 Å². The van der Waals surface area contributed by atoms with Crippen LogP contribution in [0.5, 0.6) is 5.75 Å². The van der Waals surface area contributed by atoms with Gasteiger partial charge in [-0.1, -0.05) is 32.0 Å². The lowest BCUT2D eigenvalue weighted by Crippen LogP contribution is -2.28. The lowest BCUT2D eigenvalue weighted by Gasteiger charge is -2.11. The average Bonchev–Trinajstić information content (AvgIpc) is 2.61. The molecule has 0 fully saturated rings. The van der Waals surface area contributed by atoms with Crippen LogP contribution < -0.4 is 20.7 Å². The van der Waals surface area contributed by atoms with E-state index in [-0.39, 0.29) is 24.1 Å². The lowest BCUT2D eigenvalue weighted by molar-refractivity contribution is -0.118. The van der Waals surface area contributed by atoms with E-state index in [0.717, 1.165) is 5.56 Å². The Balaban J connectivity index is 1.86. The second-order valence-corrected chi connectivity index (χ2v) is 6.05. The van der Waals surface area contributed by atoms with Crippen LogP contribution >= 0.6 is 0 Å². The second-order valence-electron chi connectivity index (χ2n) is 6.05. The van der Waals surface area contributed by atoms with Crippen LogP contribution in [0, 0.1) is 5.92 Å². The summed E-state index contributed by atoms with van der Waals surface area (Å²) in [6.45, 7) is 0.916. The van der Waals surface area contributed by atoms with E-state index in [4.69, 9.17) is 0 Å². The quantitative estimate of drug-likeness (QED) is 0.676. The highest BCUT2D eigenvalue weighted by molar-refractivity contribution is 5.94. The maximum absolute atomic E-state index is 12.1. The third-order valence-electron chi connectivity index (χ3n) is 3.51. The Morgan fingerprint density at radius 1 is 1.00 bits per heavy atom. The number of benzene rings is 2. The second kappa shape index (κ2) is 9.51. The molecule has 6 nitrogen and oxygen atoms in total. The molecule has 8 heteroatoms. The summed E-state index contributed by atoms with van der Waals surface area (Å²) in [5.74, 6) is -0.211. The summed E-state index contributed by atoms with van der Waals surface area (Å²) in [5, 5.41) is 8.08. The normalized spacial score (nSPS) is 10.6. The van der Waals surface area contributed by atoms with Gasteiger partial charge < -0.3 is 20.7 Å². The Kier molecular flexibility index (Phi) is 7.10.